The number of carbonyl (C=O) groups is 2. The van der Waals surface area contributed by atoms with E-state index in [4.69, 9.17) is 16.3 Å². The normalized spacial score (nSPS) is 27.7. The number of benzene rings is 1. The molecule has 1 aromatic carbocycles. The molecule has 3 atom stereocenters. The Labute approximate surface area is 147 Å². The number of carbonyl (C=O) groups excluding carboxylic acids is 2. The molecule has 0 saturated carbocycles. The quantitative estimate of drug-likeness (QED) is 0.911. The predicted octanol–water partition coefficient (Wildman–Crippen LogP) is 2.54. The van der Waals surface area contributed by atoms with E-state index in [2.05, 4.69) is 5.32 Å². The third kappa shape index (κ3) is 4.08. The molecule has 5 nitrogen and oxygen atoms in total. The lowest BCUT2D eigenvalue weighted by atomic mass is 9.94. The lowest BCUT2D eigenvalue weighted by Gasteiger charge is -2.39. The van der Waals surface area contributed by atoms with E-state index in [9.17, 15) is 9.59 Å². The molecular formula is C18H23ClN2O3. The van der Waals surface area contributed by atoms with E-state index in [1.807, 2.05) is 36.1 Å². The zero-order valence-electron chi connectivity index (χ0n) is 13.8. The van der Waals surface area contributed by atoms with E-state index in [1.165, 1.54) is 0 Å². The van der Waals surface area contributed by atoms with Gasteiger partial charge in [-0.15, -0.1) is 0 Å². The summed E-state index contributed by atoms with van der Waals surface area (Å²) in [5.41, 5.74) is 0.997. The van der Waals surface area contributed by atoms with Gasteiger partial charge in [-0.3, -0.25) is 9.59 Å². The van der Waals surface area contributed by atoms with E-state index in [-0.39, 0.29) is 29.9 Å². The van der Waals surface area contributed by atoms with Crippen LogP contribution in [0.3, 0.4) is 0 Å². The van der Waals surface area contributed by atoms with Gasteiger partial charge >= 0.3 is 0 Å². The summed E-state index contributed by atoms with van der Waals surface area (Å²) in [6.07, 6.45) is 1.64. The summed E-state index contributed by atoms with van der Waals surface area (Å²) in [5, 5.41) is 3.52. The Balaban J connectivity index is 1.63. The first kappa shape index (κ1) is 17.2. The SMILES string of the molecule is CC1COC(c2cccc(Cl)c2)CN1C(=O)CC1CCC(=O)NC1. The fraction of sp³-hybridized carbons (Fsp3) is 0.556. The highest BCUT2D eigenvalue weighted by Gasteiger charge is 2.32. The highest BCUT2D eigenvalue weighted by Crippen LogP contribution is 2.28. The molecule has 2 amide bonds. The molecule has 1 N–H and O–H groups in total. The van der Waals surface area contributed by atoms with Gasteiger partial charge < -0.3 is 15.0 Å². The first-order valence-electron chi connectivity index (χ1n) is 8.46. The summed E-state index contributed by atoms with van der Waals surface area (Å²) in [6.45, 7) is 3.67. The van der Waals surface area contributed by atoms with Crippen LogP contribution in [0.5, 0.6) is 0 Å². The number of hydrogen-bond acceptors (Lipinski definition) is 3. The third-order valence-electron chi connectivity index (χ3n) is 4.80. The molecule has 0 aliphatic carbocycles. The molecule has 3 rings (SSSR count). The number of morpholine rings is 1. The van der Waals surface area contributed by atoms with Crippen molar-refractivity contribution in [2.75, 3.05) is 19.7 Å². The van der Waals surface area contributed by atoms with Gasteiger partial charge in [0.15, 0.2) is 0 Å². The number of hydrogen-bond donors (Lipinski definition) is 1. The standard InChI is InChI=1S/C18H23ClN2O3/c1-12-11-24-16(14-3-2-4-15(19)8-14)10-21(12)18(23)7-13-5-6-17(22)20-9-13/h2-4,8,12-13,16H,5-7,9-11H2,1H3,(H,20,22). The molecule has 24 heavy (non-hydrogen) atoms. The molecule has 3 unspecified atom stereocenters. The Morgan fingerprint density at radius 1 is 1.46 bits per heavy atom. The molecule has 0 radical (unpaired) electrons. The smallest absolute Gasteiger partial charge is 0.223 e. The minimum Gasteiger partial charge on any atom is -0.370 e. The summed E-state index contributed by atoms with van der Waals surface area (Å²) in [5.74, 6) is 0.452. The second kappa shape index (κ2) is 7.53. The lowest BCUT2D eigenvalue weighted by Crippen LogP contribution is -2.49. The average Bonchev–Trinajstić information content (AvgIpc) is 2.57. The van der Waals surface area contributed by atoms with Crippen LogP contribution in [-0.2, 0) is 14.3 Å². The Morgan fingerprint density at radius 2 is 2.29 bits per heavy atom. The molecule has 0 aromatic heterocycles. The first-order chi connectivity index (χ1) is 11.5. The summed E-state index contributed by atoms with van der Waals surface area (Å²) < 4.78 is 5.91. The van der Waals surface area contributed by atoms with Crippen molar-refractivity contribution >= 4 is 23.4 Å². The monoisotopic (exact) mass is 350 g/mol. The predicted molar refractivity (Wildman–Crippen MR) is 91.7 cm³/mol. The Hall–Kier alpha value is -1.59. The zero-order valence-corrected chi connectivity index (χ0v) is 14.6. The maximum Gasteiger partial charge on any atom is 0.223 e. The maximum atomic E-state index is 12.7. The van der Waals surface area contributed by atoms with Gasteiger partial charge in [0, 0.05) is 24.4 Å². The second-order valence-corrected chi connectivity index (χ2v) is 7.12. The molecule has 0 spiro atoms. The molecule has 2 fully saturated rings. The third-order valence-corrected chi connectivity index (χ3v) is 5.04. The Morgan fingerprint density at radius 3 is 3.00 bits per heavy atom. The molecule has 2 aliphatic heterocycles. The number of ether oxygens (including phenoxy) is 1. The molecule has 6 heteroatoms. The highest BCUT2D eigenvalue weighted by atomic mass is 35.5. The van der Waals surface area contributed by atoms with Crippen molar-refractivity contribution in [1.29, 1.82) is 0 Å². The van der Waals surface area contributed by atoms with E-state index in [0.717, 1.165) is 12.0 Å². The van der Waals surface area contributed by atoms with Gasteiger partial charge in [0.2, 0.25) is 11.8 Å². The minimum absolute atomic E-state index is 0.0612. The number of amides is 2. The minimum atomic E-state index is -0.144. The number of piperidine rings is 1. The lowest BCUT2D eigenvalue weighted by molar-refractivity contribution is -0.146. The average molecular weight is 351 g/mol. The number of halogens is 1. The molecule has 1 aromatic rings. The van der Waals surface area contributed by atoms with Crippen LogP contribution in [0.25, 0.3) is 0 Å². The fourth-order valence-electron chi connectivity index (χ4n) is 3.34. The Kier molecular flexibility index (Phi) is 5.41. The molecular weight excluding hydrogens is 328 g/mol. The van der Waals surface area contributed by atoms with Crippen LogP contribution in [0.2, 0.25) is 5.02 Å². The largest absolute Gasteiger partial charge is 0.370 e. The van der Waals surface area contributed by atoms with Crippen LogP contribution in [0.15, 0.2) is 24.3 Å². The highest BCUT2D eigenvalue weighted by molar-refractivity contribution is 6.30. The van der Waals surface area contributed by atoms with Gasteiger partial charge in [-0.2, -0.15) is 0 Å². The molecule has 0 bridgehead atoms. The number of nitrogens with zero attached hydrogens (tertiary/aromatic N) is 1. The first-order valence-corrected chi connectivity index (χ1v) is 8.84. The van der Waals surface area contributed by atoms with E-state index >= 15 is 0 Å². The van der Waals surface area contributed by atoms with Crippen LogP contribution in [0.1, 0.15) is 37.9 Å². The van der Waals surface area contributed by atoms with Gasteiger partial charge in [-0.1, -0.05) is 23.7 Å². The molecule has 2 heterocycles. The van der Waals surface area contributed by atoms with Gasteiger partial charge in [-0.05, 0) is 37.0 Å². The molecule has 2 saturated heterocycles. The van der Waals surface area contributed by atoms with Crippen LogP contribution >= 0.6 is 11.6 Å². The molecule has 130 valence electrons. The fourth-order valence-corrected chi connectivity index (χ4v) is 3.53. The Bertz CT molecular complexity index is 612. The molecule has 2 aliphatic rings. The summed E-state index contributed by atoms with van der Waals surface area (Å²) in [4.78, 5) is 25.9. The van der Waals surface area contributed by atoms with Crippen LogP contribution in [-0.4, -0.2) is 42.5 Å². The van der Waals surface area contributed by atoms with E-state index in [1.54, 1.807) is 0 Å². The van der Waals surface area contributed by atoms with Crippen LogP contribution < -0.4 is 5.32 Å². The van der Waals surface area contributed by atoms with Crippen molar-refractivity contribution in [3.8, 4) is 0 Å². The van der Waals surface area contributed by atoms with Gasteiger partial charge in [0.1, 0.15) is 6.10 Å². The number of nitrogens with one attached hydrogen (secondary N) is 1. The maximum absolute atomic E-state index is 12.7. The van der Waals surface area contributed by atoms with Crippen molar-refractivity contribution < 1.29 is 14.3 Å². The van der Waals surface area contributed by atoms with Crippen molar-refractivity contribution in [2.45, 2.75) is 38.3 Å². The van der Waals surface area contributed by atoms with Crippen LogP contribution in [0, 0.1) is 5.92 Å². The zero-order chi connectivity index (χ0) is 17.1. The van der Waals surface area contributed by atoms with Crippen molar-refractivity contribution in [1.82, 2.24) is 10.2 Å². The topological polar surface area (TPSA) is 58.6 Å². The summed E-state index contributed by atoms with van der Waals surface area (Å²) in [6, 6.07) is 7.66. The van der Waals surface area contributed by atoms with E-state index < -0.39 is 0 Å². The summed E-state index contributed by atoms with van der Waals surface area (Å²) in [7, 11) is 0. The van der Waals surface area contributed by atoms with Crippen LogP contribution in [0.4, 0.5) is 0 Å². The van der Waals surface area contributed by atoms with Crippen molar-refractivity contribution in [3.05, 3.63) is 34.9 Å². The van der Waals surface area contributed by atoms with Crippen molar-refractivity contribution in [2.24, 2.45) is 5.92 Å². The second-order valence-electron chi connectivity index (χ2n) is 6.69. The van der Waals surface area contributed by atoms with E-state index in [0.29, 0.717) is 37.6 Å². The summed E-state index contributed by atoms with van der Waals surface area (Å²) >= 11 is 6.06. The van der Waals surface area contributed by atoms with Gasteiger partial charge in [0.05, 0.1) is 19.2 Å². The van der Waals surface area contributed by atoms with Crippen molar-refractivity contribution in [3.63, 3.8) is 0 Å². The number of rotatable bonds is 3. The van der Waals surface area contributed by atoms with Gasteiger partial charge in [-0.25, -0.2) is 0 Å². The van der Waals surface area contributed by atoms with Gasteiger partial charge in [0.25, 0.3) is 0 Å².